The molecule has 0 amide bonds. The molecule has 0 fully saturated rings. The lowest BCUT2D eigenvalue weighted by Crippen LogP contribution is -2.30. The van der Waals surface area contributed by atoms with Crippen molar-refractivity contribution in [3.63, 3.8) is 0 Å². The first-order chi connectivity index (χ1) is 9.00. The minimum absolute atomic E-state index is 0.272. The van der Waals surface area contributed by atoms with Crippen molar-refractivity contribution in [2.75, 3.05) is 0 Å². The van der Waals surface area contributed by atoms with Gasteiger partial charge >= 0.3 is 0 Å². The van der Waals surface area contributed by atoms with E-state index in [2.05, 4.69) is 34.8 Å². The van der Waals surface area contributed by atoms with E-state index in [1.807, 2.05) is 24.3 Å². The number of hydrogen-bond acceptors (Lipinski definition) is 3. The fraction of sp³-hybridized carbons (Fsp3) is 0.400. The number of halogens is 1. The first-order valence-electron chi connectivity index (χ1n) is 6.47. The maximum atomic E-state index is 10.4. The molecule has 102 valence electrons. The van der Waals surface area contributed by atoms with E-state index in [1.165, 1.54) is 0 Å². The highest BCUT2D eigenvalue weighted by atomic mass is 79.9. The SMILES string of the molecule is CC(C)CC(N)C(O)c1ccc(Br)c2cccnc12. The first kappa shape index (κ1) is 14.4. The Balaban J connectivity index is 2.42. The zero-order valence-corrected chi connectivity index (χ0v) is 12.8. The van der Waals surface area contributed by atoms with Gasteiger partial charge in [0.2, 0.25) is 0 Å². The van der Waals surface area contributed by atoms with Crippen LogP contribution in [0.15, 0.2) is 34.9 Å². The molecular weight excluding hydrogens is 304 g/mol. The highest BCUT2D eigenvalue weighted by molar-refractivity contribution is 9.10. The number of benzene rings is 1. The highest BCUT2D eigenvalue weighted by Crippen LogP contribution is 2.30. The van der Waals surface area contributed by atoms with Crippen LogP contribution in [0.2, 0.25) is 0 Å². The predicted octanol–water partition coefficient (Wildman–Crippen LogP) is 3.40. The van der Waals surface area contributed by atoms with Gasteiger partial charge in [0.1, 0.15) is 0 Å². The summed E-state index contributed by atoms with van der Waals surface area (Å²) < 4.78 is 0.976. The molecule has 2 atom stereocenters. The van der Waals surface area contributed by atoms with Gasteiger partial charge in [-0.3, -0.25) is 4.98 Å². The lowest BCUT2D eigenvalue weighted by atomic mass is 9.94. The Bertz CT molecular complexity index is 571. The number of rotatable bonds is 4. The van der Waals surface area contributed by atoms with Crippen molar-refractivity contribution >= 4 is 26.8 Å². The smallest absolute Gasteiger partial charge is 0.0961 e. The number of pyridine rings is 1. The van der Waals surface area contributed by atoms with E-state index in [-0.39, 0.29) is 6.04 Å². The normalized spacial score (nSPS) is 14.8. The van der Waals surface area contributed by atoms with E-state index in [1.54, 1.807) is 6.20 Å². The lowest BCUT2D eigenvalue weighted by Gasteiger charge is -2.22. The Hall–Kier alpha value is -0.970. The quantitative estimate of drug-likeness (QED) is 0.906. The van der Waals surface area contributed by atoms with Gasteiger partial charge in [0.15, 0.2) is 0 Å². The molecule has 1 aromatic carbocycles. The van der Waals surface area contributed by atoms with Crippen molar-refractivity contribution in [1.29, 1.82) is 0 Å². The van der Waals surface area contributed by atoms with Gasteiger partial charge in [0.25, 0.3) is 0 Å². The lowest BCUT2D eigenvalue weighted by molar-refractivity contribution is 0.137. The number of aliphatic hydroxyl groups is 1. The summed E-state index contributed by atoms with van der Waals surface area (Å²) in [6, 6.07) is 7.43. The van der Waals surface area contributed by atoms with Gasteiger partial charge in [-0.2, -0.15) is 0 Å². The summed E-state index contributed by atoms with van der Waals surface area (Å²) in [4.78, 5) is 4.38. The van der Waals surface area contributed by atoms with Crippen LogP contribution in [0.5, 0.6) is 0 Å². The number of nitrogens with zero attached hydrogens (tertiary/aromatic N) is 1. The molecule has 2 unspecified atom stereocenters. The van der Waals surface area contributed by atoms with E-state index < -0.39 is 6.10 Å². The van der Waals surface area contributed by atoms with Gasteiger partial charge in [-0.15, -0.1) is 0 Å². The second-order valence-corrected chi connectivity index (χ2v) is 6.13. The highest BCUT2D eigenvalue weighted by Gasteiger charge is 2.21. The van der Waals surface area contributed by atoms with Crippen LogP contribution in [-0.2, 0) is 0 Å². The van der Waals surface area contributed by atoms with Crippen molar-refractivity contribution in [1.82, 2.24) is 4.98 Å². The minimum Gasteiger partial charge on any atom is -0.387 e. The molecule has 0 aliphatic carbocycles. The molecule has 0 aliphatic heterocycles. The van der Waals surface area contributed by atoms with Gasteiger partial charge in [0, 0.05) is 27.7 Å². The second kappa shape index (κ2) is 5.99. The fourth-order valence-corrected chi connectivity index (χ4v) is 2.75. The zero-order chi connectivity index (χ0) is 14.0. The standard InChI is InChI=1S/C15H19BrN2O/c1-9(2)8-13(17)15(19)11-5-6-12(16)10-4-3-7-18-14(10)11/h3-7,9,13,15,19H,8,17H2,1-2H3. The van der Waals surface area contributed by atoms with Crippen LogP contribution in [-0.4, -0.2) is 16.1 Å². The van der Waals surface area contributed by atoms with E-state index >= 15 is 0 Å². The Morgan fingerprint density at radius 2 is 2.05 bits per heavy atom. The van der Waals surface area contributed by atoms with Crippen molar-refractivity contribution in [3.8, 4) is 0 Å². The monoisotopic (exact) mass is 322 g/mol. The van der Waals surface area contributed by atoms with E-state index in [0.717, 1.165) is 27.4 Å². The van der Waals surface area contributed by atoms with E-state index in [4.69, 9.17) is 5.73 Å². The molecule has 2 aromatic rings. The summed E-state index contributed by atoms with van der Waals surface area (Å²) in [7, 11) is 0. The topological polar surface area (TPSA) is 59.1 Å². The fourth-order valence-electron chi connectivity index (χ4n) is 2.30. The third-order valence-corrected chi connectivity index (χ3v) is 3.91. The van der Waals surface area contributed by atoms with Crippen LogP contribution in [0.4, 0.5) is 0 Å². The molecule has 0 saturated heterocycles. The minimum atomic E-state index is -0.687. The Labute approximate surface area is 122 Å². The van der Waals surface area contributed by atoms with Gasteiger partial charge < -0.3 is 10.8 Å². The molecular formula is C15H19BrN2O. The third kappa shape index (κ3) is 3.14. The van der Waals surface area contributed by atoms with Crippen molar-refractivity contribution < 1.29 is 5.11 Å². The molecule has 1 heterocycles. The molecule has 0 radical (unpaired) electrons. The number of aromatic nitrogens is 1. The van der Waals surface area contributed by atoms with Crippen LogP contribution in [0.1, 0.15) is 31.9 Å². The van der Waals surface area contributed by atoms with Gasteiger partial charge in [-0.25, -0.2) is 0 Å². The molecule has 0 spiro atoms. The van der Waals surface area contributed by atoms with Crippen LogP contribution in [0, 0.1) is 5.92 Å². The maximum Gasteiger partial charge on any atom is 0.0961 e. The first-order valence-corrected chi connectivity index (χ1v) is 7.26. The summed E-state index contributed by atoms with van der Waals surface area (Å²) in [5, 5.41) is 11.4. The summed E-state index contributed by atoms with van der Waals surface area (Å²) in [6.07, 6.45) is 1.83. The van der Waals surface area contributed by atoms with E-state index in [9.17, 15) is 5.11 Å². The number of nitrogens with two attached hydrogens (primary N) is 1. The third-order valence-electron chi connectivity index (χ3n) is 3.22. The largest absolute Gasteiger partial charge is 0.387 e. The van der Waals surface area contributed by atoms with Crippen LogP contribution in [0.25, 0.3) is 10.9 Å². The second-order valence-electron chi connectivity index (χ2n) is 5.27. The van der Waals surface area contributed by atoms with Crippen LogP contribution >= 0.6 is 15.9 Å². The van der Waals surface area contributed by atoms with Gasteiger partial charge in [-0.1, -0.05) is 41.9 Å². The van der Waals surface area contributed by atoms with Crippen LogP contribution in [0.3, 0.4) is 0 Å². The van der Waals surface area contributed by atoms with Crippen molar-refractivity contribution in [3.05, 3.63) is 40.5 Å². The summed E-state index contributed by atoms with van der Waals surface area (Å²) in [5.41, 5.74) is 7.70. The Morgan fingerprint density at radius 1 is 1.32 bits per heavy atom. The number of aliphatic hydroxyl groups excluding tert-OH is 1. The predicted molar refractivity (Wildman–Crippen MR) is 81.8 cm³/mol. The number of hydrogen-bond donors (Lipinski definition) is 2. The van der Waals surface area contributed by atoms with Gasteiger partial charge in [0.05, 0.1) is 11.6 Å². The zero-order valence-electron chi connectivity index (χ0n) is 11.2. The Kier molecular flexibility index (Phi) is 4.55. The average Bonchev–Trinajstić information content (AvgIpc) is 2.38. The summed E-state index contributed by atoms with van der Waals surface area (Å²) in [6.45, 7) is 4.20. The molecule has 1 aromatic heterocycles. The van der Waals surface area contributed by atoms with E-state index in [0.29, 0.717) is 5.92 Å². The molecule has 4 heteroatoms. The molecule has 2 rings (SSSR count). The summed E-state index contributed by atoms with van der Waals surface area (Å²) >= 11 is 3.50. The number of fused-ring (bicyclic) bond motifs is 1. The Morgan fingerprint density at radius 3 is 2.74 bits per heavy atom. The molecule has 3 nitrogen and oxygen atoms in total. The average molecular weight is 323 g/mol. The van der Waals surface area contributed by atoms with Crippen molar-refractivity contribution in [2.24, 2.45) is 11.7 Å². The van der Waals surface area contributed by atoms with Gasteiger partial charge in [-0.05, 0) is 24.5 Å². The van der Waals surface area contributed by atoms with Crippen molar-refractivity contribution in [2.45, 2.75) is 32.4 Å². The molecule has 3 N–H and O–H groups in total. The molecule has 19 heavy (non-hydrogen) atoms. The summed E-state index contributed by atoms with van der Waals surface area (Å²) in [5.74, 6) is 0.458. The van der Waals surface area contributed by atoms with Crippen LogP contribution < -0.4 is 5.73 Å². The molecule has 0 aliphatic rings. The molecule has 0 bridgehead atoms. The molecule has 0 saturated carbocycles. The maximum absolute atomic E-state index is 10.4.